The molecule has 0 saturated carbocycles. The van der Waals surface area contributed by atoms with Crippen LogP contribution in [0, 0.1) is 0 Å². The number of aliphatic hydroxyl groups is 1. The van der Waals surface area contributed by atoms with Crippen molar-refractivity contribution in [1.82, 2.24) is 0 Å². The van der Waals surface area contributed by atoms with Gasteiger partial charge in [-0.3, -0.25) is 4.79 Å². The normalized spacial score (nSPS) is 27.8. The van der Waals surface area contributed by atoms with Gasteiger partial charge in [0, 0.05) is 0 Å². The summed E-state index contributed by atoms with van der Waals surface area (Å²) in [5.41, 5.74) is 0.667. The third-order valence-corrected chi connectivity index (χ3v) is 2.42. The fourth-order valence-electron chi connectivity index (χ4n) is 1.56. The number of carbonyl (C=O) groups excluding carboxylic acids is 1. The molecule has 3 atom stereocenters. The Hall–Kier alpha value is -1.13. The van der Waals surface area contributed by atoms with Gasteiger partial charge >= 0.3 is 5.97 Å². The number of methoxy groups -OCH3 is 1. The molecule has 0 bridgehead atoms. The number of rotatable bonds is 3. The fourth-order valence-corrected chi connectivity index (χ4v) is 1.56. The van der Waals surface area contributed by atoms with Crippen LogP contribution in [0.1, 0.15) is 26.7 Å². The second kappa shape index (κ2) is 8.03. The van der Waals surface area contributed by atoms with Crippen molar-refractivity contribution < 1.29 is 19.4 Å². The first-order chi connectivity index (χ1) is 8.08. The largest absolute Gasteiger partial charge is 0.469 e. The molecule has 0 aromatic heterocycles. The van der Waals surface area contributed by atoms with E-state index in [9.17, 15) is 9.90 Å². The van der Waals surface area contributed by atoms with Crippen molar-refractivity contribution in [2.45, 2.75) is 45.0 Å². The number of carbonyl (C=O) groups is 1. The summed E-state index contributed by atoms with van der Waals surface area (Å²) in [6.07, 6.45) is 0.667. The predicted octanol–water partition coefficient (Wildman–Crippen LogP) is 1.84. The van der Waals surface area contributed by atoms with Crippen LogP contribution in [0.15, 0.2) is 24.8 Å². The lowest BCUT2D eigenvalue weighted by molar-refractivity contribution is -0.147. The van der Waals surface area contributed by atoms with Crippen molar-refractivity contribution in [3.63, 3.8) is 0 Å². The molecule has 0 spiro atoms. The monoisotopic (exact) mass is 242 g/mol. The lowest BCUT2D eigenvalue weighted by Gasteiger charge is -2.33. The maximum absolute atomic E-state index is 11.0. The first-order valence-electron chi connectivity index (χ1n) is 5.79. The zero-order valence-electron chi connectivity index (χ0n) is 10.8. The van der Waals surface area contributed by atoms with Crippen LogP contribution in [0.4, 0.5) is 0 Å². The molecule has 1 rings (SSSR count). The zero-order valence-corrected chi connectivity index (χ0v) is 10.8. The summed E-state index contributed by atoms with van der Waals surface area (Å²) >= 11 is 0. The molecule has 0 aliphatic carbocycles. The maximum Gasteiger partial charge on any atom is 0.308 e. The van der Waals surface area contributed by atoms with Gasteiger partial charge in [0.2, 0.25) is 0 Å². The topological polar surface area (TPSA) is 55.8 Å². The van der Waals surface area contributed by atoms with Gasteiger partial charge in [-0.25, -0.2) is 0 Å². The van der Waals surface area contributed by atoms with Crippen molar-refractivity contribution in [2.24, 2.45) is 0 Å². The smallest absolute Gasteiger partial charge is 0.308 e. The van der Waals surface area contributed by atoms with Crippen LogP contribution < -0.4 is 0 Å². The van der Waals surface area contributed by atoms with Crippen molar-refractivity contribution >= 4 is 5.97 Å². The van der Waals surface area contributed by atoms with Crippen LogP contribution in [0.2, 0.25) is 0 Å². The van der Waals surface area contributed by atoms with Gasteiger partial charge in [-0.05, 0) is 12.0 Å². The highest BCUT2D eigenvalue weighted by atomic mass is 16.5. The first-order valence-corrected chi connectivity index (χ1v) is 5.79. The van der Waals surface area contributed by atoms with Gasteiger partial charge in [0.15, 0.2) is 0 Å². The molecule has 17 heavy (non-hydrogen) atoms. The summed E-state index contributed by atoms with van der Waals surface area (Å²) in [5, 5.41) is 9.63. The maximum atomic E-state index is 11.0. The molecular formula is C13H22O4. The molecule has 0 aromatic rings. The Balaban J connectivity index is 0.00000121. The Morgan fingerprint density at radius 3 is 2.71 bits per heavy atom. The van der Waals surface area contributed by atoms with Crippen LogP contribution in [0.5, 0.6) is 0 Å². The standard InChI is InChI=1S/C11H16O4.C2H6/c1-4-9-11(13)7(2)5-8(15-9)6-10(12)14-3;1-2/h4,8-9,11,13H,1-2,5-6H2,3H3;1-2H3/t8-,9?,11-;/m0./s1. The van der Waals surface area contributed by atoms with Crippen molar-refractivity contribution in [1.29, 1.82) is 0 Å². The Morgan fingerprint density at radius 1 is 1.65 bits per heavy atom. The van der Waals surface area contributed by atoms with E-state index in [1.165, 1.54) is 13.2 Å². The second-order valence-corrected chi connectivity index (χ2v) is 3.55. The van der Waals surface area contributed by atoms with Gasteiger partial charge in [-0.1, -0.05) is 26.5 Å². The van der Waals surface area contributed by atoms with E-state index in [0.717, 1.165) is 0 Å². The number of esters is 1. The van der Waals surface area contributed by atoms with E-state index < -0.39 is 12.2 Å². The Morgan fingerprint density at radius 2 is 2.24 bits per heavy atom. The van der Waals surface area contributed by atoms with Gasteiger partial charge < -0.3 is 14.6 Å². The molecule has 4 nitrogen and oxygen atoms in total. The van der Waals surface area contributed by atoms with Gasteiger partial charge in [-0.15, -0.1) is 6.58 Å². The van der Waals surface area contributed by atoms with Crippen molar-refractivity contribution in [2.75, 3.05) is 7.11 Å². The molecule has 0 aromatic carbocycles. The highest BCUT2D eigenvalue weighted by molar-refractivity contribution is 5.69. The molecule has 4 heteroatoms. The summed E-state index contributed by atoms with van der Waals surface area (Å²) < 4.78 is 10.0. The van der Waals surface area contributed by atoms with Crippen LogP contribution in [-0.4, -0.2) is 36.5 Å². The Kier molecular flexibility index (Phi) is 7.50. The first kappa shape index (κ1) is 15.9. The van der Waals surface area contributed by atoms with E-state index in [1.54, 1.807) is 0 Å². The third-order valence-electron chi connectivity index (χ3n) is 2.42. The lowest BCUT2D eigenvalue weighted by Crippen LogP contribution is -2.39. The van der Waals surface area contributed by atoms with Gasteiger partial charge in [-0.2, -0.15) is 0 Å². The van der Waals surface area contributed by atoms with E-state index in [1.807, 2.05) is 13.8 Å². The van der Waals surface area contributed by atoms with E-state index in [-0.39, 0.29) is 18.5 Å². The quantitative estimate of drug-likeness (QED) is 0.606. The van der Waals surface area contributed by atoms with E-state index in [4.69, 9.17) is 4.74 Å². The van der Waals surface area contributed by atoms with Crippen molar-refractivity contribution in [3.05, 3.63) is 24.8 Å². The van der Waals surface area contributed by atoms with Gasteiger partial charge in [0.25, 0.3) is 0 Å². The SMILES string of the molecule is C=CC1O[C@H](CC(=O)OC)CC(=C)[C@@H]1O.CC. The molecule has 1 unspecified atom stereocenters. The number of aliphatic hydroxyl groups excluding tert-OH is 1. The van der Waals surface area contributed by atoms with Gasteiger partial charge in [0.1, 0.15) is 12.2 Å². The molecule has 0 amide bonds. The van der Waals surface area contributed by atoms with Crippen LogP contribution in [0.25, 0.3) is 0 Å². The van der Waals surface area contributed by atoms with Gasteiger partial charge in [0.05, 0.1) is 19.6 Å². The Bertz CT molecular complexity index is 271. The number of ether oxygens (including phenoxy) is 2. The molecule has 1 saturated heterocycles. The van der Waals surface area contributed by atoms with E-state index in [0.29, 0.717) is 12.0 Å². The summed E-state index contributed by atoms with van der Waals surface area (Å²) in [7, 11) is 1.33. The number of hydrogen-bond donors (Lipinski definition) is 1. The summed E-state index contributed by atoms with van der Waals surface area (Å²) in [4.78, 5) is 11.0. The Labute approximate surface area is 103 Å². The van der Waals surface area contributed by atoms with Crippen molar-refractivity contribution in [3.8, 4) is 0 Å². The highest BCUT2D eigenvalue weighted by Gasteiger charge is 2.31. The second-order valence-electron chi connectivity index (χ2n) is 3.55. The van der Waals surface area contributed by atoms with Crippen LogP contribution in [-0.2, 0) is 14.3 Å². The summed E-state index contributed by atoms with van der Waals surface area (Å²) in [6, 6.07) is 0. The highest BCUT2D eigenvalue weighted by Crippen LogP contribution is 2.26. The van der Waals surface area contributed by atoms with E-state index in [2.05, 4.69) is 17.9 Å². The third kappa shape index (κ3) is 4.71. The predicted molar refractivity (Wildman–Crippen MR) is 66.6 cm³/mol. The molecule has 1 fully saturated rings. The molecule has 1 heterocycles. The average molecular weight is 242 g/mol. The zero-order chi connectivity index (χ0) is 13.4. The molecule has 1 aliphatic rings. The molecular weight excluding hydrogens is 220 g/mol. The molecule has 1 N–H and O–H groups in total. The minimum Gasteiger partial charge on any atom is -0.469 e. The van der Waals surface area contributed by atoms with Crippen LogP contribution in [0.3, 0.4) is 0 Å². The summed E-state index contributed by atoms with van der Waals surface area (Å²) in [5.74, 6) is -0.327. The number of hydrogen-bond acceptors (Lipinski definition) is 4. The molecule has 1 aliphatic heterocycles. The minimum absolute atomic E-state index is 0.173. The van der Waals surface area contributed by atoms with Crippen LogP contribution >= 0.6 is 0 Å². The lowest BCUT2D eigenvalue weighted by atomic mass is 9.95. The minimum atomic E-state index is -0.726. The van der Waals surface area contributed by atoms with E-state index >= 15 is 0 Å². The summed E-state index contributed by atoms with van der Waals surface area (Å²) in [6.45, 7) is 11.3. The fraction of sp³-hybridized carbons (Fsp3) is 0.615. The molecule has 0 radical (unpaired) electrons. The average Bonchev–Trinajstić information content (AvgIpc) is 2.35. The molecule has 98 valence electrons.